The summed E-state index contributed by atoms with van der Waals surface area (Å²) >= 11 is 0. The number of nitrogens with zero attached hydrogens (tertiary/aromatic N) is 5. The Balaban J connectivity index is 1.47. The molecule has 0 spiro atoms. The quantitative estimate of drug-likeness (QED) is 0.210. The van der Waals surface area contributed by atoms with Crippen molar-refractivity contribution in [2.45, 2.75) is 58.2 Å². The average Bonchev–Trinajstić information content (AvgIpc) is 3.55. The Kier molecular flexibility index (Phi) is 9.59. The number of carboxylic acid groups (broad SMARTS) is 1. The van der Waals surface area contributed by atoms with Crippen molar-refractivity contribution in [3.05, 3.63) is 45.9 Å². The summed E-state index contributed by atoms with van der Waals surface area (Å²) in [6.45, 7) is 5.03. The zero-order valence-electron chi connectivity index (χ0n) is 23.0. The molecule has 0 saturated carbocycles. The normalized spacial score (nSPS) is 15.2. The van der Waals surface area contributed by atoms with Crippen LogP contribution in [0.2, 0.25) is 0 Å². The van der Waals surface area contributed by atoms with Crippen molar-refractivity contribution in [2.75, 3.05) is 39.1 Å². The van der Waals surface area contributed by atoms with Gasteiger partial charge in [-0.1, -0.05) is 37.6 Å². The standard InChI is InChI=1S/C27H37N7O6/c1-3-4-14-40-25-30-23(28)22-24(31-25)34(26(36)29-22)12-5-11-32(20-10-13-33(17-20)27(37)38)16-19-8-6-18(7-9-19)15-21(35)39-2/h6-9,20H,3-5,10-17H2,1-2H3,(H,29,36)(H,37,38)(H2,28,30,31)/t20-/m1/s1. The number of aromatic amines is 1. The van der Waals surface area contributed by atoms with Gasteiger partial charge in [-0.25, -0.2) is 9.59 Å². The zero-order chi connectivity index (χ0) is 28.6. The molecular formula is C27H37N7O6. The topological polar surface area (TPSA) is 169 Å². The molecule has 216 valence electrons. The van der Waals surface area contributed by atoms with E-state index in [2.05, 4.69) is 26.8 Å². The number of hydrogen-bond donors (Lipinski definition) is 3. The Hall–Kier alpha value is -4.13. The van der Waals surface area contributed by atoms with Gasteiger partial charge in [0.2, 0.25) is 0 Å². The minimum atomic E-state index is -0.922. The largest absolute Gasteiger partial charge is 0.469 e. The van der Waals surface area contributed by atoms with Crippen molar-refractivity contribution in [1.82, 2.24) is 29.3 Å². The maximum atomic E-state index is 12.8. The summed E-state index contributed by atoms with van der Waals surface area (Å²) in [6.07, 6.45) is 2.44. The number of benzene rings is 1. The van der Waals surface area contributed by atoms with Gasteiger partial charge < -0.3 is 30.2 Å². The van der Waals surface area contributed by atoms with Gasteiger partial charge in [-0.05, 0) is 30.4 Å². The molecule has 1 aliphatic heterocycles. The summed E-state index contributed by atoms with van der Waals surface area (Å²) in [5.74, 6) is -0.141. The molecule has 1 aromatic carbocycles. The molecular weight excluding hydrogens is 518 g/mol. The number of nitrogen functional groups attached to an aromatic ring is 1. The Morgan fingerprint density at radius 2 is 1.95 bits per heavy atom. The highest BCUT2D eigenvalue weighted by atomic mass is 16.5. The van der Waals surface area contributed by atoms with E-state index in [1.54, 1.807) is 0 Å². The predicted molar refractivity (Wildman–Crippen MR) is 148 cm³/mol. The number of aryl methyl sites for hydroxylation is 1. The van der Waals surface area contributed by atoms with Gasteiger partial charge in [0.25, 0.3) is 0 Å². The maximum absolute atomic E-state index is 12.8. The van der Waals surface area contributed by atoms with Gasteiger partial charge in [-0.2, -0.15) is 9.97 Å². The number of carbonyl (C=O) groups excluding carboxylic acids is 1. The lowest BCUT2D eigenvalue weighted by molar-refractivity contribution is -0.139. The number of methoxy groups -OCH3 is 1. The highest BCUT2D eigenvalue weighted by molar-refractivity contribution is 5.81. The van der Waals surface area contributed by atoms with Crippen molar-refractivity contribution in [3.8, 4) is 6.01 Å². The van der Waals surface area contributed by atoms with Crippen LogP contribution in [0.15, 0.2) is 29.1 Å². The summed E-state index contributed by atoms with van der Waals surface area (Å²) in [5.41, 5.74) is 8.42. The van der Waals surface area contributed by atoms with Crippen molar-refractivity contribution in [3.63, 3.8) is 0 Å². The smallest absolute Gasteiger partial charge is 0.407 e. The van der Waals surface area contributed by atoms with Crippen LogP contribution < -0.4 is 16.2 Å². The Bertz CT molecular complexity index is 1370. The number of anilines is 1. The molecule has 13 nitrogen and oxygen atoms in total. The number of aromatic nitrogens is 4. The van der Waals surface area contributed by atoms with E-state index >= 15 is 0 Å². The first-order valence-electron chi connectivity index (χ1n) is 13.5. The van der Waals surface area contributed by atoms with Crippen LogP contribution in [0, 0.1) is 0 Å². The van der Waals surface area contributed by atoms with E-state index < -0.39 is 6.09 Å². The van der Waals surface area contributed by atoms with Crippen molar-refractivity contribution in [2.24, 2.45) is 0 Å². The number of H-pyrrole nitrogens is 1. The number of likely N-dealkylation sites (tertiary alicyclic amines) is 1. The first kappa shape index (κ1) is 28.9. The average molecular weight is 556 g/mol. The number of hydrogen-bond acceptors (Lipinski definition) is 9. The van der Waals surface area contributed by atoms with Crippen LogP contribution in [0.1, 0.15) is 43.7 Å². The van der Waals surface area contributed by atoms with Gasteiger partial charge in [-0.3, -0.25) is 14.3 Å². The number of rotatable bonds is 13. The van der Waals surface area contributed by atoms with Crippen molar-refractivity contribution < 1.29 is 24.2 Å². The first-order valence-corrected chi connectivity index (χ1v) is 13.5. The van der Waals surface area contributed by atoms with Crippen molar-refractivity contribution in [1.29, 1.82) is 0 Å². The van der Waals surface area contributed by atoms with Crippen LogP contribution in [0.3, 0.4) is 0 Å². The number of ether oxygens (including phenoxy) is 2. The molecule has 3 aromatic rings. The fourth-order valence-electron chi connectivity index (χ4n) is 4.88. The number of amides is 1. The molecule has 0 aliphatic carbocycles. The summed E-state index contributed by atoms with van der Waals surface area (Å²) in [4.78, 5) is 50.9. The molecule has 2 aromatic heterocycles. The predicted octanol–water partition coefficient (Wildman–Crippen LogP) is 2.24. The van der Waals surface area contributed by atoms with Crippen LogP contribution in [-0.2, 0) is 29.0 Å². The van der Waals surface area contributed by atoms with E-state index in [0.29, 0.717) is 56.9 Å². The number of imidazole rings is 1. The maximum Gasteiger partial charge on any atom is 0.407 e. The summed E-state index contributed by atoms with van der Waals surface area (Å²) < 4.78 is 11.9. The van der Waals surface area contributed by atoms with Gasteiger partial charge in [0.1, 0.15) is 5.52 Å². The molecule has 0 radical (unpaired) electrons. The fourth-order valence-corrected chi connectivity index (χ4v) is 4.88. The lowest BCUT2D eigenvalue weighted by Crippen LogP contribution is -2.39. The molecule has 1 atom stereocenters. The van der Waals surface area contributed by atoms with Crippen LogP contribution >= 0.6 is 0 Å². The molecule has 40 heavy (non-hydrogen) atoms. The highest BCUT2D eigenvalue weighted by Crippen LogP contribution is 2.21. The van der Waals surface area contributed by atoms with E-state index in [1.807, 2.05) is 24.3 Å². The molecule has 3 heterocycles. The number of nitrogens with one attached hydrogen (secondary N) is 1. The lowest BCUT2D eigenvalue weighted by Gasteiger charge is -2.29. The van der Waals surface area contributed by atoms with Crippen molar-refractivity contribution >= 4 is 29.0 Å². The van der Waals surface area contributed by atoms with Crippen LogP contribution in [0.4, 0.5) is 10.6 Å². The van der Waals surface area contributed by atoms with Crippen LogP contribution in [0.5, 0.6) is 6.01 Å². The van der Waals surface area contributed by atoms with E-state index in [9.17, 15) is 19.5 Å². The van der Waals surface area contributed by atoms with E-state index in [1.165, 1.54) is 16.6 Å². The summed E-state index contributed by atoms with van der Waals surface area (Å²) in [5, 5.41) is 9.47. The monoisotopic (exact) mass is 555 g/mol. The van der Waals surface area contributed by atoms with E-state index in [0.717, 1.165) is 30.4 Å². The molecule has 1 amide bonds. The SMILES string of the molecule is CCCCOc1nc(N)c2[nH]c(=O)n(CCCN(Cc3ccc(CC(=O)OC)cc3)[C@@H]3CCN(C(=O)O)C3)c2n1. The summed E-state index contributed by atoms with van der Waals surface area (Å²) in [6, 6.07) is 7.93. The minimum absolute atomic E-state index is 0.0436. The summed E-state index contributed by atoms with van der Waals surface area (Å²) in [7, 11) is 1.36. The van der Waals surface area contributed by atoms with E-state index in [4.69, 9.17) is 15.2 Å². The number of nitrogens with two attached hydrogens (primary N) is 1. The van der Waals surface area contributed by atoms with Crippen LogP contribution in [-0.4, -0.2) is 85.9 Å². The minimum Gasteiger partial charge on any atom is -0.469 e. The third kappa shape index (κ3) is 7.08. The van der Waals surface area contributed by atoms with E-state index in [-0.39, 0.29) is 36.0 Å². The fraction of sp³-hybridized carbons (Fsp3) is 0.519. The second-order valence-electron chi connectivity index (χ2n) is 9.94. The third-order valence-corrected chi connectivity index (χ3v) is 7.12. The molecule has 1 fully saturated rings. The Morgan fingerprint density at radius 1 is 1.20 bits per heavy atom. The first-order chi connectivity index (χ1) is 19.3. The molecule has 13 heteroatoms. The second kappa shape index (κ2) is 13.3. The number of carbonyl (C=O) groups is 2. The molecule has 4 N–H and O–H groups in total. The lowest BCUT2D eigenvalue weighted by atomic mass is 10.1. The van der Waals surface area contributed by atoms with Gasteiger partial charge in [0, 0.05) is 38.8 Å². The zero-order valence-corrected chi connectivity index (χ0v) is 23.0. The van der Waals surface area contributed by atoms with Gasteiger partial charge >= 0.3 is 23.8 Å². The highest BCUT2D eigenvalue weighted by Gasteiger charge is 2.30. The van der Waals surface area contributed by atoms with Gasteiger partial charge in [0.05, 0.1) is 20.1 Å². The molecule has 0 unspecified atom stereocenters. The van der Waals surface area contributed by atoms with Gasteiger partial charge in [0.15, 0.2) is 11.5 Å². The molecule has 1 aliphatic rings. The Labute approximate surface area is 231 Å². The Morgan fingerprint density at radius 3 is 2.62 bits per heavy atom. The number of unbranched alkanes of at least 4 members (excludes halogenated alkanes) is 1. The van der Waals surface area contributed by atoms with Crippen LogP contribution in [0.25, 0.3) is 11.2 Å². The van der Waals surface area contributed by atoms with Gasteiger partial charge in [-0.15, -0.1) is 0 Å². The number of esters is 1. The third-order valence-electron chi connectivity index (χ3n) is 7.12. The molecule has 1 saturated heterocycles. The molecule has 4 rings (SSSR count). The number of fused-ring (bicyclic) bond motifs is 1. The molecule has 0 bridgehead atoms. The second-order valence-corrected chi connectivity index (χ2v) is 9.94.